The first-order valence-electron chi connectivity index (χ1n) is 5.91. The quantitative estimate of drug-likeness (QED) is 0.849. The second-order valence-corrected chi connectivity index (χ2v) is 7.31. The van der Waals surface area contributed by atoms with Gasteiger partial charge in [0, 0.05) is 11.8 Å². The molecule has 1 aromatic carbocycles. The maximum absolute atomic E-state index is 14.6. The zero-order valence-corrected chi connectivity index (χ0v) is 13.8. The van der Waals surface area contributed by atoms with Crippen LogP contribution in [0.15, 0.2) is 23.1 Å². The minimum Gasteiger partial charge on any atom is -0.476 e. The minimum absolute atomic E-state index is 0.135. The molecule has 3 N–H and O–H groups in total. The largest absolute Gasteiger partial charge is 0.476 e. The molecule has 0 unspecified atom stereocenters. The van der Waals surface area contributed by atoms with Crippen LogP contribution in [0.1, 0.15) is 10.5 Å². The maximum Gasteiger partial charge on any atom is 0.356 e. The third-order valence-corrected chi connectivity index (χ3v) is 4.85. The van der Waals surface area contributed by atoms with Crippen molar-refractivity contribution in [1.82, 2.24) is 4.98 Å². The van der Waals surface area contributed by atoms with Crippen molar-refractivity contribution in [3.05, 3.63) is 39.8 Å². The Kier molecular flexibility index (Phi) is 4.52. The van der Waals surface area contributed by atoms with E-state index in [9.17, 15) is 17.6 Å². The number of nitrogens with zero attached hydrogens (tertiary/aromatic N) is 1. The predicted octanol–water partition coefficient (Wildman–Crippen LogP) is 2.88. The van der Waals surface area contributed by atoms with Crippen molar-refractivity contribution in [3.8, 4) is 11.3 Å². The van der Waals surface area contributed by atoms with Gasteiger partial charge >= 0.3 is 5.97 Å². The number of aromatic nitrogens is 1. The number of carbonyl (C=O) groups is 1. The van der Waals surface area contributed by atoms with Gasteiger partial charge in [-0.3, -0.25) is 0 Å². The topological polar surface area (TPSA) is 110 Å². The molecule has 0 spiro atoms. The Morgan fingerprint density at radius 2 is 1.96 bits per heavy atom. The van der Waals surface area contributed by atoms with E-state index in [-0.39, 0.29) is 27.0 Å². The first-order valence-corrected chi connectivity index (χ1v) is 8.56. The second-order valence-electron chi connectivity index (χ2n) is 4.57. The van der Waals surface area contributed by atoms with Crippen LogP contribution in [0, 0.1) is 5.82 Å². The van der Waals surface area contributed by atoms with Crippen LogP contribution in [0.5, 0.6) is 0 Å². The maximum atomic E-state index is 14.6. The van der Waals surface area contributed by atoms with Crippen LogP contribution in [0.4, 0.5) is 10.1 Å². The number of carboxylic acid groups (broad SMARTS) is 1. The molecule has 1 heterocycles. The van der Waals surface area contributed by atoms with Crippen LogP contribution in [-0.4, -0.2) is 30.7 Å². The van der Waals surface area contributed by atoms with Gasteiger partial charge in [-0.25, -0.2) is 22.6 Å². The van der Waals surface area contributed by atoms with Gasteiger partial charge in [-0.1, -0.05) is 23.2 Å². The third kappa shape index (κ3) is 3.24. The summed E-state index contributed by atoms with van der Waals surface area (Å²) in [6.07, 6.45) is 0.799. The van der Waals surface area contributed by atoms with Gasteiger partial charge in [0.1, 0.15) is 4.90 Å². The van der Waals surface area contributed by atoms with E-state index >= 15 is 0 Å². The van der Waals surface area contributed by atoms with Gasteiger partial charge in [0.15, 0.2) is 21.3 Å². The molecule has 122 valence electrons. The van der Waals surface area contributed by atoms with E-state index in [1.165, 1.54) is 12.1 Å². The molecule has 0 saturated heterocycles. The predicted molar refractivity (Wildman–Crippen MR) is 84.1 cm³/mol. The number of halogens is 3. The van der Waals surface area contributed by atoms with Gasteiger partial charge in [-0.2, -0.15) is 0 Å². The minimum atomic E-state index is -3.95. The van der Waals surface area contributed by atoms with Crippen LogP contribution >= 0.6 is 23.2 Å². The third-order valence-electron chi connectivity index (χ3n) is 2.88. The molecule has 2 aromatic rings. The zero-order valence-electron chi connectivity index (χ0n) is 11.5. The number of nitrogens with two attached hydrogens (primary N) is 1. The van der Waals surface area contributed by atoms with Gasteiger partial charge in [-0.05, 0) is 18.2 Å². The Hall–Kier alpha value is -1.90. The molecule has 23 heavy (non-hydrogen) atoms. The standard InChI is InChI=1S/C13H9Cl2FN2O4S/c1-23(21,22)12-6(14)3-2-5(10(12)16)8-4-7(17)9(15)11(18-8)13(19)20/h2-4H,1H3,(H2,17,18)(H,19,20). The van der Waals surface area contributed by atoms with E-state index in [1.54, 1.807) is 0 Å². The SMILES string of the molecule is CS(=O)(=O)c1c(Cl)ccc(-c2cc(N)c(Cl)c(C(=O)O)n2)c1F. The molecule has 0 aliphatic heterocycles. The van der Waals surface area contributed by atoms with Crippen molar-refractivity contribution in [1.29, 1.82) is 0 Å². The Labute approximate surface area is 140 Å². The lowest BCUT2D eigenvalue weighted by atomic mass is 10.1. The number of hydrogen-bond acceptors (Lipinski definition) is 5. The summed E-state index contributed by atoms with van der Waals surface area (Å²) in [5, 5.41) is 8.46. The molecule has 0 saturated carbocycles. The molecule has 0 amide bonds. The highest BCUT2D eigenvalue weighted by Crippen LogP contribution is 2.34. The smallest absolute Gasteiger partial charge is 0.356 e. The Bertz CT molecular complexity index is 932. The summed E-state index contributed by atoms with van der Waals surface area (Å²) >= 11 is 11.5. The van der Waals surface area contributed by atoms with E-state index in [2.05, 4.69) is 4.98 Å². The average molecular weight is 379 g/mol. The molecule has 0 aliphatic rings. The van der Waals surface area contributed by atoms with E-state index in [0.717, 1.165) is 12.3 Å². The fraction of sp³-hybridized carbons (Fsp3) is 0.0769. The Balaban J connectivity index is 2.81. The summed E-state index contributed by atoms with van der Waals surface area (Å²) in [7, 11) is -3.95. The highest BCUT2D eigenvalue weighted by molar-refractivity contribution is 7.90. The van der Waals surface area contributed by atoms with Gasteiger partial charge < -0.3 is 10.8 Å². The van der Waals surface area contributed by atoms with Crippen LogP contribution in [0.3, 0.4) is 0 Å². The molecule has 6 nitrogen and oxygen atoms in total. The van der Waals surface area contributed by atoms with E-state index < -0.39 is 32.2 Å². The number of carboxylic acids is 1. The van der Waals surface area contributed by atoms with Crippen molar-refractivity contribution in [2.75, 3.05) is 12.0 Å². The second kappa shape index (κ2) is 5.95. The Morgan fingerprint density at radius 3 is 2.48 bits per heavy atom. The molecule has 0 fully saturated rings. The molecular weight excluding hydrogens is 370 g/mol. The van der Waals surface area contributed by atoms with Crippen LogP contribution in [-0.2, 0) is 9.84 Å². The van der Waals surface area contributed by atoms with Crippen LogP contribution < -0.4 is 5.73 Å². The number of aromatic carboxylic acids is 1. The van der Waals surface area contributed by atoms with Crippen LogP contribution in [0.2, 0.25) is 10.0 Å². The molecule has 0 radical (unpaired) electrons. The van der Waals surface area contributed by atoms with Crippen molar-refractivity contribution in [3.63, 3.8) is 0 Å². The fourth-order valence-corrected chi connectivity index (χ4v) is 3.50. The first kappa shape index (κ1) is 17.5. The summed E-state index contributed by atoms with van der Waals surface area (Å²) < 4.78 is 37.9. The van der Waals surface area contributed by atoms with Crippen LogP contribution in [0.25, 0.3) is 11.3 Å². The zero-order chi connectivity index (χ0) is 17.5. The van der Waals surface area contributed by atoms with Gasteiger partial charge in [0.05, 0.1) is 21.4 Å². The molecular formula is C13H9Cl2FN2O4S. The first-order chi connectivity index (χ1) is 10.5. The summed E-state index contributed by atoms with van der Waals surface area (Å²) in [5.74, 6) is -2.60. The number of rotatable bonds is 3. The number of hydrogen-bond donors (Lipinski definition) is 2. The number of pyridine rings is 1. The molecule has 2 rings (SSSR count). The van der Waals surface area contributed by atoms with Gasteiger partial charge in [-0.15, -0.1) is 0 Å². The van der Waals surface area contributed by atoms with Gasteiger partial charge in [0.2, 0.25) is 0 Å². The van der Waals surface area contributed by atoms with E-state index in [0.29, 0.717) is 0 Å². The lowest BCUT2D eigenvalue weighted by molar-refractivity contribution is 0.0691. The van der Waals surface area contributed by atoms with Crippen molar-refractivity contribution >= 4 is 44.7 Å². The molecule has 0 aliphatic carbocycles. The van der Waals surface area contributed by atoms with Crippen molar-refractivity contribution in [2.24, 2.45) is 0 Å². The Morgan fingerprint density at radius 1 is 1.35 bits per heavy atom. The number of benzene rings is 1. The fourth-order valence-electron chi connectivity index (χ4n) is 1.90. The van der Waals surface area contributed by atoms with E-state index in [1.807, 2.05) is 0 Å². The summed E-state index contributed by atoms with van der Waals surface area (Å²) in [4.78, 5) is 14.1. The highest BCUT2D eigenvalue weighted by Gasteiger charge is 2.24. The average Bonchev–Trinajstić information content (AvgIpc) is 2.40. The number of anilines is 1. The number of sulfone groups is 1. The highest BCUT2D eigenvalue weighted by atomic mass is 35.5. The summed E-state index contributed by atoms with van der Waals surface area (Å²) in [6, 6.07) is 3.49. The summed E-state index contributed by atoms with van der Waals surface area (Å²) in [5.41, 5.74) is 4.45. The lowest BCUT2D eigenvalue weighted by Gasteiger charge is -2.11. The number of nitrogen functional groups attached to an aromatic ring is 1. The van der Waals surface area contributed by atoms with Crippen molar-refractivity contribution < 1.29 is 22.7 Å². The lowest BCUT2D eigenvalue weighted by Crippen LogP contribution is -2.07. The monoisotopic (exact) mass is 378 g/mol. The van der Waals surface area contributed by atoms with E-state index in [4.69, 9.17) is 34.0 Å². The van der Waals surface area contributed by atoms with Crippen molar-refractivity contribution in [2.45, 2.75) is 4.90 Å². The molecule has 0 bridgehead atoms. The molecule has 1 aromatic heterocycles. The molecule has 0 atom stereocenters. The van der Waals surface area contributed by atoms with Gasteiger partial charge in [0.25, 0.3) is 0 Å². The summed E-state index contributed by atoms with van der Waals surface area (Å²) in [6.45, 7) is 0. The normalized spacial score (nSPS) is 11.5. The molecule has 10 heteroatoms.